The molecule has 1 rings (SSSR count). The lowest BCUT2D eigenvalue weighted by atomic mass is 10.2. The molecule has 0 heterocycles. The highest BCUT2D eigenvalue weighted by molar-refractivity contribution is 7.89. The summed E-state index contributed by atoms with van der Waals surface area (Å²) in [5, 5.41) is 11.6. The van der Waals surface area contributed by atoms with Crippen LogP contribution in [0, 0.1) is 5.92 Å². The summed E-state index contributed by atoms with van der Waals surface area (Å²) >= 11 is 0. The van der Waals surface area contributed by atoms with Gasteiger partial charge in [0.15, 0.2) is 0 Å². The molecule has 0 aliphatic carbocycles. The molecule has 3 N–H and O–H groups in total. The van der Waals surface area contributed by atoms with Gasteiger partial charge in [-0.3, -0.25) is 4.79 Å². The number of carbonyl (C=O) groups excluding carboxylic acids is 1. The molecule has 21 heavy (non-hydrogen) atoms. The average Bonchev–Trinajstić information content (AvgIpc) is 2.43. The van der Waals surface area contributed by atoms with E-state index in [1.165, 1.54) is 24.3 Å². The summed E-state index contributed by atoms with van der Waals surface area (Å²) in [6.45, 7) is 5.90. The predicted octanol–water partition coefficient (Wildman–Crippen LogP) is 0.732. The molecule has 0 bridgehead atoms. The van der Waals surface area contributed by atoms with Gasteiger partial charge in [0, 0.05) is 18.7 Å². The molecular formula is C14H22N2O4S. The topological polar surface area (TPSA) is 95.5 Å². The molecule has 0 aliphatic heterocycles. The predicted molar refractivity (Wildman–Crippen MR) is 80.5 cm³/mol. The third-order valence-corrected chi connectivity index (χ3v) is 4.11. The summed E-state index contributed by atoms with van der Waals surface area (Å²) in [7, 11) is -3.55. The lowest BCUT2D eigenvalue weighted by Crippen LogP contribution is -2.30. The van der Waals surface area contributed by atoms with Crippen LogP contribution < -0.4 is 10.0 Å². The van der Waals surface area contributed by atoms with Crippen molar-refractivity contribution in [3.63, 3.8) is 0 Å². The van der Waals surface area contributed by atoms with E-state index in [2.05, 4.69) is 10.0 Å². The van der Waals surface area contributed by atoms with Crippen molar-refractivity contribution in [3.05, 3.63) is 29.8 Å². The second kappa shape index (κ2) is 7.53. The summed E-state index contributed by atoms with van der Waals surface area (Å²) in [5.41, 5.74) is 0.346. The van der Waals surface area contributed by atoms with E-state index in [-0.39, 0.29) is 23.3 Å². The first-order valence-electron chi connectivity index (χ1n) is 6.78. The Balaban J connectivity index is 2.75. The van der Waals surface area contributed by atoms with Crippen molar-refractivity contribution in [2.75, 3.05) is 13.1 Å². The Morgan fingerprint density at radius 2 is 1.71 bits per heavy atom. The molecule has 0 spiro atoms. The molecule has 1 amide bonds. The second-order valence-corrected chi connectivity index (χ2v) is 7.10. The molecule has 1 aromatic carbocycles. The third-order valence-electron chi connectivity index (χ3n) is 2.67. The van der Waals surface area contributed by atoms with Gasteiger partial charge in [0.1, 0.15) is 0 Å². The molecule has 6 nitrogen and oxygen atoms in total. The summed E-state index contributed by atoms with van der Waals surface area (Å²) < 4.78 is 26.5. The van der Waals surface area contributed by atoms with Crippen LogP contribution in [0.4, 0.5) is 0 Å². The number of aliphatic hydroxyl groups excluding tert-OH is 1. The number of hydrogen-bond donors (Lipinski definition) is 3. The Bertz CT molecular complexity index is 565. The molecule has 7 heteroatoms. The van der Waals surface area contributed by atoms with Gasteiger partial charge < -0.3 is 10.4 Å². The van der Waals surface area contributed by atoms with E-state index in [4.69, 9.17) is 5.11 Å². The fourth-order valence-corrected chi connectivity index (χ4v) is 2.70. The van der Waals surface area contributed by atoms with Crippen LogP contribution >= 0.6 is 0 Å². The lowest BCUT2D eigenvalue weighted by molar-refractivity contribution is 0.0924. The maximum Gasteiger partial charge on any atom is 0.251 e. The van der Waals surface area contributed by atoms with Gasteiger partial charge in [-0.1, -0.05) is 13.8 Å². The Labute approximate surface area is 125 Å². The average molecular weight is 314 g/mol. The van der Waals surface area contributed by atoms with Gasteiger partial charge >= 0.3 is 0 Å². The van der Waals surface area contributed by atoms with Crippen molar-refractivity contribution in [2.24, 2.45) is 5.92 Å². The van der Waals surface area contributed by atoms with Crippen LogP contribution in [0.3, 0.4) is 0 Å². The van der Waals surface area contributed by atoms with E-state index in [9.17, 15) is 13.2 Å². The quantitative estimate of drug-likeness (QED) is 0.691. The number of aliphatic hydroxyl groups is 1. The molecule has 0 aliphatic rings. The zero-order valence-electron chi connectivity index (χ0n) is 12.5. The molecule has 0 saturated heterocycles. The number of nitrogens with one attached hydrogen (secondary N) is 2. The highest BCUT2D eigenvalue weighted by atomic mass is 32.2. The van der Waals surface area contributed by atoms with Gasteiger partial charge in [0.25, 0.3) is 5.91 Å². The Morgan fingerprint density at radius 3 is 2.19 bits per heavy atom. The largest absolute Gasteiger partial charge is 0.392 e. The van der Waals surface area contributed by atoms with Crippen molar-refractivity contribution in [3.8, 4) is 0 Å². The summed E-state index contributed by atoms with van der Waals surface area (Å²) in [4.78, 5) is 11.9. The van der Waals surface area contributed by atoms with Crippen molar-refractivity contribution >= 4 is 15.9 Å². The Morgan fingerprint density at radius 1 is 1.14 bits per heavy atom. The molecule has 0 saturated carbocycles. The van der Waals surface area contributed by atoms with Gasteiger partial charge in [0.2, 0.25) is 10.0 Å². The maximum absolute atomic E-state index is 12.0. The molecule has 0 fully saturated rings. The number of carbonyl (C=O) groups is 1. The van der Waals surface area contributed by atoms with Crippen LogP contribution in [-0.4, -0.2) is 38.6 Å². The first-order chi connectivity index (χ1) is 9.72. The van der Waals surface area contributed by atoms with Crippen LogP contribution in [-0.2, 0) is 10.0 Å². The SMILES string of the molecule is CC(C)CNS(=O)(=O)c1ccc(C(=O)NC[C@H](C)O)cc1. The highest BCUT2D eigenvalue weighted by Crippen LogP contribution is 2.11. The summed E-state index contributed by atoms with van der Waals surface area (Å²) in [5.74, 6) is -0.139. The fraction of sp³-hybridized carbons (Fsp3) is 0.500. The van der Waals surface area contributed by atoms with E-state index in [1.54, 1.807) is 6.92 Å². The minimum Gasteiger partial charge on any atom is -0.392 e. The third kappa shape index (κ3) is 5.82. The summed E-state index contributed by atoms with van der Waals surface area (Å²) in [6, 6.07) is 5.67. The molecule has 0 unspecified atom stereocenters. The van der Waals surface area contributed by atoms with Gasteiger partial charge in [-0.2, -0.15) is 0 Å². The van der Waals surface area contributed by atoms with Gasteiger partial charge in [-0.15, -0.1) is 0 Å². The lowest BCUT2D eigenvalue weighted by Gasteiger charge is -2.10. The minimum absolute atomic E-state index is 0.121. The molecule has 1 atom stereocenters. The van der Waals surface area contributed by atoms with Crippen molar-refractivity contribution in [1.82, 2.24) is 10.0 Å². The number of sulfonamides is 1. The minimum atomic E-state index is -3.55. The standard InChI is InChI=1S/C14H22N2O4S/c1-10(2)8-16-21(19,20)13-6-4-12(5-7-13)14(18)15-9-11(3)17/h4-7,10-11,16-17H,8-9H2,1-3H3,(H,15,18)/t11-/m0/s1. The van der Waals surface area contributed by atoms with E-state index in [0.717, 1.165) is 0 Å². The Hall–Kier alpha value is -1.44. The molecule has 0 radical (unpaired) electrons. The van der Waals surface area contributed by atoms with E-state index in [1.807, 2.05) is 13.8 Å². The zero-order valence-corrected chi connectivity index (χ0v) is 13.3. The summed E-state index contributed by atoms with van der Waals surface area (Å²) in [6.07, 6.45) is -0.631. The van der Waals surface area contributed by atoms with Gasteiger partial charge in [-0.25, -0.2) is 13.1 Å². The highest BCUT2D eigenvalue weighted by Gasteiger charge is 2.15. The molecule has 118 valence electrons. The number of hydrogen-bond acceptors (Lipinski definition) is 4. The second-order valence-electron chi connectivity index (χ2n) is 5.33. The van der Waals surface area contributed by atoms with Crippen molar-refractivity contribution in [1.29, 1.82) is 0 Å². The first-order valence-corrected chi connectivity index (χ1v) is 8.26. The van der Waals surface area contributed by atoms with Crippen molar-refractivity contribution in [2.45, 2.75) is 31.8 Å². The first kappa shape index (κ1) is 17.6. The smallest absolute Gasteiger partial charge is 0.251 e. The van der Waals surface area contributed by atoms with Crippen LogP contribution in [0.15, 0.2) is 29.2 Å². The monoisotopic (exact) mass is 314 g/mol. The Kier molecular flexibility index (Phi) is 6.32. The van der Waals surface area contributed by atoms with Crippen molar-refractivity contribution < 1.29 is 18.3 Å². The van der Waals surface area contributed by atoms with E-state index < -0.39 is 16.1 Å². The number of rotatable bonds is 7. The molecular weight excluding hydrogens is 292 g/mol. The van der Waals surface area contributed by atoms with Crippen LogP contribution in [0.2, 0.25) is 0 Å². The number of benzene rings is 1. The van der Waals surface area contributed by atoms with Gasteiger partial charge in [-0.05, 0) is 37.1 Å². The van der Waals surface area contributed by atoms with Crippen LogP contribution in [0.1, 0.15) is 31.1 Å². The van der Waals surface area contributed by atoms with E-state index in [0.29, 0.717) is 12.1 Å². The van der Waals surface area contributed by atoms with Crippen LogP contribution in [0.25, 0.3) is 0 Å². The van der Waals surface area contributed by atoms with Crippen LogP contribution in [0.5, 0.6) is 0 Å². The zero-order chi connectivity index (χ0) is 16.0. The maximum atomic E-state index is 12.0. The fourth-order valence-electron chi connectivity index (χ4n) is 1.49. The number of amides is 1. The van der Waals surface area contributed by atoms with Gasteiger partial charge in [0.05, 0.1) is 11.0 Å². The van der Waals surface area contributed by atoms with E-state index >= 15 is 0 Å². The molecule has 1 aromatic rings. The molecule has 0 aromatic heterocycles. The normalized spacial score (nSPS) is 13.2.